The summed E-state index contributed by atoms with van der Waals surface area (Å²) in [4.78, 5) is 12.1. The molecule has 24 heavy (non-hydrogen) atoms. The van der Waals surface area contributed by atoms with Gasteiger partial charge in [-0.2, -0.15) is 0 Å². The van der Waals surface area contributed by atoms with E-state index < -0.39 is 0 Å². The number of amides is 1. The zero-order chi connectivity index (χ0) is 16.8. The summed E-state index contributed by atoms with van der Waals surface area (Å²) >= 11 is 1.32. The number of carbonyl (C=O) groups excluding carboxylic acids is 1. The first kappa shape index (κ1) is 15.9. The van der Waals surface area contributed by atoms with E-state index in [9.17, 15) is 4.79 Å². The first-order valence-corrected chi connectivity index (χ1v) is 8.08. The monoisotopic (exact) mass is 337 g/mol. The molecule has 0 saturated heterocycles. The average molecular weight is 337 g/mol. The Kier molecular flexibility index (Phi) is 4.98. The molecule has 0 aliphatic heterocycles. The SMILES string of the molecule is COc1ccc(/C=C/c2nnc(NC(=O)c3ccccc3)s2)cc1. The predicted octanol–water partition coefficient (Wildman–Crippen LogP) is 3.97. The Hall–Kier alpha value is -2.99. The van der Waals surface area contributed by atoms with Crippen LogP contribution in [-0.4, -0.2) is 23.2 Å². The third kappa shape index (κ3) is 4.05. The number of aromatic nitrogens is 2. The van der Waals surface area contributed by atoms with Crippen LogP contribution in [0.4, 0.5) is 5.13 Å². The lowest BCUT2D eigenvalue weighted by molar-refractivity contribution is 0.102. The van der Waals surface area contributed by atoms with Crippen molar-refractivity contribution in [3.8, 4) is 5.75 Å². The zero-order valence-electron chi connectivity index (χ0n) is 13.0. The molecule has 0 aliphatic carbocycles. The van der Waals surface area contributed by atoms with E-state index in [1.165, 1.54) is 11.3 Å². The molecule has 0 unspecified atom stereocenters. The highest BCUT2D eigenvalue weighted by Crippen LogP contribution is 2.19. The Morgan fingerprint density at radius 3 is 2.50 bits per heavy atom. The van der Waals surface area contributed by atoms with Gasteiger partial charge in [-0.15, -0.1) is 10.2 Å². The van der Waals surface area contributed by atoms with E-state index >= 15 is 0 Å². The van der Waals surface area contributed by atoms with Crippen molar-refractivity contribution in [1.29, 1.82) is 0 Å². The molecule has 3 rings (SSSR count). The highest BCUT2D eigenvalue weighted by molar-refractivity contribution is 7.16. The Labute approximate surface area is 143 Å². The molecule has 1 N–H and O–H groups in total. The van der Waals surface area contributed by atoms with E-state index in [2.05, 4.69) is 15.5 Å². The van der Waals surface area contributed by atoms with E-state index in [4.69, 9.17) is 4.74 Å². The largest absolute Gasteiger partial charge is 0.497 e. The van der Waals surface area contributed by atoms with E-state index in [0.29, 0.717) is 15.7 Å². The maximum atomic E-state index is 12.1. The topological polar surface area (TPSA) is 64.1 Å². The summed E-state index contributed by atoms with van der Waals surface area (Å²) in [5.74, 6) is 0.617. The minimum Gasteiger partial charge on any atom is -0.497 e. The van der Waals surface area contributed by atoms with Gasteiger partial charge in [0, 0.05) is 5.56 Å². The van der Waals surface area contributed by atoms with Gasteiger partial charge in [0.2, 0.25) is 5.13 Å². The van der Waals surface area contributed by atoms with Crippen molar-refractivity contribution < 1.29 is 9.53 Å². The summed E-state index contributed by atoms with van der Waals surface area (Å²) in [6, 6.07) is 16.7. The third-order valence-electron chi connectivity index (χ3n) is 3.23. The van der Waals surface area contributed by atoms with Crippen molar-refractivity contribution in [1.82, 2.24) is 10.2 Å². The van der Waals surface area contributed by atoms with Gasteiger partial charge in [0.15, 0.2) is 0 Å². The Morgan fingerprint density at radius 1 is 1.04 bits per heavy atom. The van der Waals surface area contributed by atoms with Crippen LogP contribution in [0.3, 0.4) is 0 Å². The molecule has 0 saturated carbocycles. The van der Waals surface area contributed by atoms with Gasteiger partial charge in [0.05, 0.1) is 7.11 Å². The Morgan fingerprint density at radius 2 is 1.79 bits per heavy atom. The minimum absolute atomic E-state index is 0.197. The van der Waals surface area contributed by atoms with Crippen molar-refractivity contribution in [3.63, 3.8) is 0 Å². The summed E-state index contributed by atoms with van der Waals surface area (Å²) in [5, 5.41) is 12.0. The fourth-order valence-electron chi connectivity index (χ4n) is 1.99. The number of benzene rings is 2. The highest BCUT2D eigenvalue weighted by Gasteiger charge is 2.08. The van der Waals surface area contributed by atoms with Crippen LogP contribution in [0.15, 0.2) is 54.6 Å². The van der Waals surface area contributed by atoms with E-state index in [-0.39, 0.29) is 5.91 Å². The fraction of sp³-hybridized carbons (Fsp3) is 0.0556. The summed E-state index contributed by atoms with van der Waals surface area (Å²) < 4.78 is 5.12. The number of rotatable bonds is 5. The summed E-state index contributed by atoms with van der Waals surface area (Å²) in [7, 11) is 1.64. The molecule has 0 spiro atoms. The Balaban J connectivity index is 1.64. The summed E-state index contributed by atoms with van der Waals surface area (Å²) in [6.07, 6.45) is 3.79. The van der Waals surface area contributed by atoms with Crippen molar-refractivity contribution in [2.24, 2.45) is 0 Å². The smallest absolute Gasteiger partial charge is 0.257 e. The average Bonchev–Trinajstić information content (AvgIpc) is 3.08. The molecule has 0 fully saturated rings. The molecule has 1 amide bonds. The van der Waals surface area contributed by atoms with Gasteiger partial charge in [-0.05, 0) is 35.9 Å². The molecule has 3 aromatic rings. The second kappa shape index (κ2) is 7.52. The van der Waals surface area contributed by atoms with Gasteiger partial charge in [-0.1, -0.05) is 47.7 Å². The van der Waals surface area contributed by atoms with Crippen LogP contribution in [0.5, 0.6) is 5.75 Å². The minimum atomic E-state index is -0.197. The molecular formula is C18H15N3O2S. The number of hydrogen-bond acceptors (Lipinski definition) is 5. The maximum absolute atomic E-state index is 12.1. The molecule has 1 heterocycles. The highest BCUT2D eigenvalue weighted by atomic mass is 32.1. The van der Waals surface area contributed by atoms with E-state index in [0.717, 1.165) is 11.3 Å². The number of methoxy groups -OCH3 is 1. The number of nitrogens with zero attached hydrogens (tertiary/aromatic N) is 2. The van der Waals surface area contributed by atoms with Crippen LogP contribution < -0.4 is 10.1 Å². The van der Waals surface area contributed by atoms with Crippen LogP contribution in [0.1, 0.15) is 20.9 Å². The Bertz CT molecular complexity index is 842. The number of nitrogens with one attached hydrogen (secondary N) is 1. The number of ether oxygens (including phenoxy) is 1. The lowest BCUT2D eigenvalue weighted by Crippen LogP contribution is -2.11. The molecule has 0 atom stereocenters. The second-order valence-electron chi connectivity index (χ2n) is 4.87. The van der Waals surface area contributed by atoms with Crippen LogP contribution >= 0.6 is 11.3 Å². The van der Waals surface area contributed by atoms with Gasteiger partial charge in [0.25, 0.3) is 5.91 Å². The molecule has 5 nitrogen and oxygen atoms in total. The number of carbonyl (C=O) groups is 1. The van der Waals surface area contributed by atoms with Gasteiger partial charge in [-0.25, -0.2) is 0 Å². The molecule has 0 bridgehead atoms. The maximum Gasteiger partial charge on any atom is 0.257 e. The fourth-order valence-corrected chi connectivity index (χ4v) is 2.63. The van der Waals surface area contributed by atoms with Crippen LogP contribution in [0.25, 0.3) is 12.2 Å². The normalized spacial score (nSPS) is 10.7. The predicted molar refractivity (Wildman–Crippen MR) is 96.2 cm³/mol. The lowest BCUT2D eigenvalue weighted by atomic mass is 10.2. The molecule has 0 radical (unpaired) electrons. The lowest BCUT2D eigenvalue weighted by Gasteiger charge is -1.99. The zero-order valence-corrected chi connectivity index (χ0v) is 13.8. The molecule has 6 heteroatoms. The van der Waals surface area contributed by atoms with Crippen LogP contribution in [0.2, 0.25) is 0 Å². The molecule has 120 valence electrons. The summed E-state index contributed by atoms with van der Waals surface area (Å²) in [5.41, 5.74) is 1.61. The van der Waals surface area contributed by atoms with Crippen LogP contribution in [-0.2, 0) is 0 Å². The number of anilines is 1. The van der Waals surface area contributed by atoms with Gasteiger partial charge in [-0.3, -0.25) is 10.1 Å². The molecular weight excluding hydrogens is 322 g/mol. The second-order valence-corrected chi connectivity index (χ2v) is 5.88. The van der Waals surface area contributed by atoms with Crippen molar-refractivity contribution in [3.05, 3.63) is 70.7 Å². The first-order valence-electron chi connectivity index (χ1n) is 7.26. The molecule has 2 aromatic carbocycles. The van der Waals surface area contributed by atoms with Crippen LogP contribution in [0, 0.1) is 0 Å². The van der Waals surface area contributed by atoms with E-state index in [1.807, 2.05) is 54.6 Å². The molecule has 0 aliphatic rings. The van der Waals surface area contributed by atoms with Crippen molar-refractivity contribution in [2.45, 2.75) is 0 Å². The van der Waals surface area contributed by atoms with Crippen molar-refractivity contribution >= 4 is 34.5 Å². The third-order valence-corrected chi connectivity index (χ3v) is 4.04. The van der Waals surface area contributed by atoms with E-state index in [1.54, 1.807) is 19.2 Å². The van der Waals surface area contributed by atoms with Gasteiger partial charge in [0.1, 0.15) is 10.8 Å². The standard InChI is InChI=1S/C18H15N3O2S/c1-23-15-10-7-13(8-11-15)9-12-16-20-21-18(24-16)19-17(22)14-5-3-2-4-6-14/h2-12H,1H3,(H,19,21,22)/b12-9+. The quantitative estimate of drug-likeness (QED) is 0.765. The molecule has 1 aromatic heterocycles. The summed E-state index contributed by atoms with van der Waals surface area (Å²) in [6.45, 7) is 0. The van der Waals surface area contributed by atoms with Crippen molar-refractivity contribution in [2.75, 3.05) is 12.4 Å². The first-order chi connectivity index (χ1) is 11.7. The van der Waals surface area contributed by atoms with Gasteiger partial charge < -0.3 is 4.74 Å². The number of hydrogen-bond donors (Lipinski definition) is 1. The van der Waals surface area contributed by atoms with Gasteiger partial charge >= 0.3 is 0 Å².